The molecule has 43 nitrogen and oxygen atoms in total. The van der Waals surface area contributed by atoms with Gasteiger partial charge in [-0.15, -0.1) is 0 Å². The Balaban J connectivity index is 1.24. The summed E-state index contributed by atoms with van der Waals surface area (Å²) in [5.41, 5.74) is 19.3. The summed E-state index contributed by atoms with van der Waals surface area (Å²) in [5.74, 6) is -13.7. The number of aliphatic carboxylic acids is 1. The normalized spacial score (nSPS) is 19.2. The Kier molecular flexibility index (Phi) is 43.6. The number of esters is 1. The van der Waals surface area contributed by atoms with E-state index in [1.165, 1.54) is 23.6 Å². The van der Waals surface area contributed by atoms with Crippen molar-refractivity contribution in [3.05, 3.63) is 120 Å². The highest BCUT2D eigenvalue weighted by Gasteiger charge is 2.39. The standard InChI is InChI=1S/C86H123N21O22S/c1-48(2)43-64-79(120)99-62(34-40-94-84(126)129-86(6,7)8)77(118)97-60(32-37-89)78(119)104-71(50(4)109)81(122)93-39-33-61(76(117)96-58(30-35-87)75(116)102-65(80(121)101-64)44-52-17-11-10-12-18-52)98-74(115)59(31-36-88)100-82(123)72(51(5)110)103-69(112)28-29-70(113)128-49(3)46-106(42-41-92-68(111)27-26-63(83(124)125)95-47-108)85(127)107-66-45-54(130-67-21-14-13-20-56(67)73(114)90-9)23-24-55(66)57(105-107)25-22-53-19-15-16-38-91-53/h10-25,38,45,47-51,58-65,71-73,90,109-110,114H,26-37,39-44,46,87-89H2,1-9H3,(H,92,111)(H,93,122)(H,94,126)(H,95,108)(H,96,117)(H,97,118)(H,98,115)(H,99,120)(H,100,123)(H,101,121)(H,102,116)(H,103,112)(H,104,119)(H,124,125)/b25-22+/t49?,50-,51-,58+,59+,60+,61+,62+,63+,64+,65-,71+,72+,73?/m1/s1. The van der Waals surface area contributed by atoms with Crippen LogP contribution >= 0.6 is 11.8 Å². The Morgan fingerprint density at radius 2 is 1.28 bits per heavy atom. The number of hydrogen-bond donors (Lipinski definition) is 21. The van der Waals surface area contributed by atoms with Gasteiger partial charge in [0, 0.05) is 72.4 Å². The van der Waals surface area contributed by atoms with Gasteiger partial charge in [0.2, 0.25) is 71.4 Å². The molecule has 130 heavy (non-hydrogen) atoms. The topological polar surface area (TPSA) is 653 Å². The van der Waals surface area contributed by atoms with Gasteiger partial charge < -0.3 is 121 Å². The summed E-state index contributed by atoms with van der Waals surface area (Å²) in [4.78, 5) is 229. The minimum Gasteiger partial charge on any atom is -0.480 e. The SMILES string of the molecule is CNC(O)c1ccccc1Sc1ccc2c(/C=C/c3ccccn3)nn(C(=O)N(CCNC(=O)CC[C@H](NC=O)C(=O)O)CC(C)OC(=O)CCC(=O)N[C@H](C(=O)N[C@@H](CCN)C(=O)N[C@H]3CCNC(=O)[C@H]([C@@H](C)O)NC(=O)[C@H](CCN)NC(=O)[C@H](CCNC(=O)OC(C)(C)C)NC(=O)[C@H](CC(C)C)NC(=O)[C@@H](Cc4ccccc4)NC(=O)[C@H](CCN)NC3=O)[C@@H](C)O)c2c1. The van der Waals surface area contributed by atoms with Crippen molar-refractivity contribution in [2.75, 3.05) is 59.4 Å². The van der Waals surface area contributed by atoms with Crippen LogP contribution in [0.4, 0.5) is 9.59 Å². The van der Waals surface area contributed by atoms with Crippen LogP contribution in [0, 0.1) is 5.92 Å². The van der Waals surface area contributed by atoms with E-state index in [9.17, 15) is 92.3 Å². The smallest absolute Gasteiger partial charge is 0.407 e. The number of nitrogens with zero attached hydrogens (tertiary/aromatic N) is 4. The number of carboxylic acids is 1. The van der Waals surface area contributed by atoms with Gasteiger partial charge in [-0.1, -0.05) is 80.2 Å². The first-order valence-corrected chi connectivity index (χ1v) is 43.5. The number of rotatable bonds is 41. The minimum atomic E-state index is -1.87. The van der Waals surface area contributed by atoms with Crippen molar-refractivity contribution in [3.8, 4) is 0 Å². The third-order valence-corrected chi connectivity index (χ3v) is 21.1. The molecule has 1 aliphatic rings. The van der Waals surface area contributed by atoms with Gasteiger partial charge >= 0.3 is 24.1 Å². The average Bonchev–Trinajstić information content (AvgIpc) is 1.62. The molecule has 5 aromatic rings. The van der Waals surface area contributed by atoms with Gasteiger partial charge in [0.15, 0.2) is 0 Å². The van der Waals surface area contributed by atoms with E-state index < -0.39 is 205 Å². The van der Waals surface area contributed by atoms with Gasteiger partial charge in [-0.25, -0.2) is 14.4 Å². The van der Waals surface area contributed by atoms with Gasteiger partial charge in [0.1, 0.15) is 78.4 Å². The quantitative estimate of drug-likeness (QED) is 0.0114. The fourth-order valence-electron chi connectivity index (χ4n) is 13.4. The van der Waals surface area contributed by atoms with E-state index in [0.717, 1.165) is 18.5 Å². The number of nitrogens with one attached hydrogen (secondary N) is 14. The van der Waals surface area contributed by atoms with Crippen LogP contribution in [0.15, 0.2) is 107 Å². The number of benzene rings is 3. The maximum absolute atomic E-state index is 15.2. The second kappa shape index (κ2) is 53.4. The second-order valence-electron chi connectivity index (χ2n) is 32.3. The van der Waals surface area contributed by atoms with Crippen molar-refractivity contribution in [1.29, 1.82) is 0 Å². The number of carbonyl (C=O) groups is 16. The maximum atomic E-state index is 15.2. The molecular formula is C86H123N21O22S. The van der Waals surface area contributed by atoms with E-state index in [0.29, 0.717) is 43.2 Å². The Morgan fingerprint density at radius 1 is 0.662 bits per heavy atom. The van der Waals surface area contributed by atoms with Crippen LogP contribution in [-0.4, -0.2) is 279 Å². The zero-order valence-corrected chi connectivity index (χ0v) is 74.9. The lowest BCUT2D eigenvalue weighted by atomic mass is 10.00. The van der Waals surface area contributed by atoms with E-state index in [4.69, 9.17) is 31.8 Å². The number of aromatic nitrogens is 3. The van der Waals surface area contributed by atoms with E-state index in [1.807, 2.05) is 12.1 Å². The Morgan fingerprint density at radius 3 is 1.90 bits per heavy atom. The summed E-state index contributed by atoms with van der Waals surface area (Å²) in [6.07, 6.45) is -5.49. The van der Waals surface area contributed by atoms with Gasteiger partial charge in [0.05, 0.1) is 42.1 Å². The molecule has 14 amide bonds. The fraction of sp³-hybridized carbons (Fsp3) is 0.512. The predicted molar refractivity (Wildman–Crippen MR) is 475 cm³/mol. The van der Waals surface area contributed by atoms with Crippen molar-refractivity contribution in [2.45, 2.75) is 226 Å². The van der Waals surface area contributed by atoms with E-state index in [-0.39, 0.29) is 110 Å². The monoisotopic (exact) mass is 1830 g/mol. The molecule has 14 atom stereocenters. The van der Waals surface area contributed by atoms with Gasteiger partial charge in [-0.3, -0.25) is 72.6 Å². The third kappa shape index (κ3) is 35.1. The number of aliphatic hydroxyl groups excluding tert-OH is 3. The number of amides is 14. The fourth-order valence-corrected chi connectivity index (χ4v) is 14.4. The minimum absolute atomic E-state index is 0.0578. The van der Waals surface area contributed by atoms with Crippen LogP contribution in [0.2, 0.25) is 0 Å². The van der Waals surface area contributed by atoms with Crippen LogP contribution in [0.1, 0.15) is 148 Å². The molecule has 0 aliphatic carbocycles. The zero-order chi connectivity index (χ0) is 95.9. The zero-order valence-electron chi connectivity index (χ0n) is 74.1. The van der Waals surface area contributed by atoms with Crippen LogP contribution in [-0.2, 0) is 83.0 Å². The summed E-state index contributed by atoms with van der Waals surface area (Å²) in [6.45, 7) is 9.45. The number of nitrogens with two attached hydrogens (primary N) is 3. The Bertz CT molecular complexity index is 4710. The van der Waals surface area contributed by atoms with Crippen molar-refractivity contribution >= 4 is 130 Å². The van der Waals surface area contributed by atoms with Crippen molar-refractivity contribution < 1.29 is 107 Å². The predicted octanol–water partition coefficient (Wildman–Crippen LogP) is -2.06. The number of ether oxygens (including phenoxy) is 2. The van der Waals surface area contributed by atoms with Gasteiger partial charge in [0.25, 0.3) is 0 Å². The summed E-state index contributed by atoms with van der Waals surface area (Å²) in [5, 5.41) is 83.0. The van der Waals surface area contributed by atoms with Crippen LogP contribution in [0.25, 0.3) is 23.1 Å². The number of aliphatic hydroxyl groups is 3. The number of carboxylic acid groups (broad SMARTS) is 1. The molecule has 2 aromatic heterocycles. The van der Waals surface area contributed by atoms with Crippen LogP contribution in [0.5, 0.6) is 0 Å². The highest BCUT2D eigenvalue weighted by Crippen LogP contribution is 2.36. The average molecular weight is 1840 g/mol. The summed E-state index contributed by atoms with van der Waals surface area (Å²) in [7, 11) is 1.59. The number of alkyl carbamates (subject to hydrolysis) is 1. The maximum Gasteiger partial charge on any atom is 0.407 e. The first-order chi connectivity index (χ1) is 61.8. The molecule has 0 bridgehead atoms. The largest absolute Gasteiger partial charge is 0.480 e. The van der Waals surface area contributed by atoms with E-state index in [2.05, 4.69) is 79.4 Å². The van der Waals surface area contributed by atoms with Crippen molar-refractivity contribution in [2.24, 2.45) is 23.1 Å². The Hall–Kier alpha value is -12.6. The molecule has 2 unspecified atom stereocenters. The molecule has 0 spiro atoms. The summed E-state index contributed by atoms with van der Waals surface area (Å²) in [6, 6.07) is 9.01. The van der Waals surface area contributed by atoms with Crippen molar-refractivity contribution in [3.63, 3.8) is 0 Å². The lowest BCUT2D eigenvalue weighted by Gasteiger charge is -2.29. The van der Waals surface area contributed by atoms with Crippen LogP contribution < -0.4 is 91.6 Å². The van der Waals surface area contributed by atoms with Gasteiger partial charge in [-0.2, -0.15) is 9.78 Å². The third-order valence-electron chi connectivity index (χ3n) is 20.0. The molecule has 3 aromatic carbocycles. The molecule has 0 radical (unpaired) electrons. The molecule has 44 heteroatoms. The van der Waals surface area contributed by atoms with Gasteiger partial charge in [-0.05, 0) is 173 Å². The van der Waals surface area contributed by atoms with Crippen molar-refractivity contribution in [1.82, 2.24) is 94.1 Å². The van der Waals surface area contributed by atoms with Crippen LogP contribution in [0.3, 0.4) is 0 Å². The molecular weight excluding hydrogens is 1710 g/mol. The summed E-state index contributed by atoms with van der Waals surface area (Å²) >= 11 is 1.29. The number of carbonyl (C=O) groups excluding carboxylic acids is 15. The highest BCUT2D eigenvalue weighted by atomic mass is 32.2. The molecule has 1 aliphatic heterocycles. The highest BCUT2D eigenvalue weighted by molar-refractivity contribution is 7.99. The lowest BCUT2D eigenvalue weighted by molar-refractivity contribution is -0.150. The number of fused-ring (bicyclic) bond motifs is 1. The van der Waals surface area contributed by atoms with E-state index in [1.54, 1.807) is 139 Å². The molecule has 24 N–H and O–H groups in total. The second-order valence-corrected chi connectivity index (χ2v) is 33.4. The molecule has 0 saturated carbocycles. The summed E-state index contributed by atoms with van der Waals surface area (Å²) < 4.78 is 12.2. The molecule has 710 valence electrons. The molecule has 1 fully saturated rings. The Labute approximate surface area is 756 Å². The number of hydrogen-bond acceptors (Lipinski definition) is 28. The first-order valence-electron chi connectivity index (χ1n) is 42.7. The number of pyridine rings is 1. The molecule has 3 heterocycles. The molecule has 1 saturated heterocycles. The van der Waals surface area contributed by atoms with E-state index >= 15 is 4.79 Å². The lowest BCUT2D eigenvalue weighted by Crippen LogP contribution is -2.61. The first kappa shape index (κ1) is 106. The molecule has 6 rings (SSSR count).